The molecular weight excluding hydrogens is 178 g/mol. The lowest BCUT2D eigenvalue weighted by Gasteiger charge is -2.21. The van der Waals surface area contributed by atoms with Crippen LogP contribution in [0.4, 0.5) is 0 Å². The van der Waals surface area contributed by atoms with Gasteiger partial charge in [-0.2, -0.15) is 0 Å². The minimum absolute atomic E-state index is 0.129. The van der Waals surface area contributed by atoms with Gasteiger partial charge < -0.3 is 10.4 Å². The molecule has 0 rings (SSSR count). The molecule has 3 nitrogen and oxygen atoms in total. The van der Waals surface area contributed by atoms with E-state index in [0.29, 0.717) is 0 Å². The van der Waals surface area contributed by atoms with E-state index in [2.05, 4.69) is 5.32 Å². The van der Waals surface area contributed by atoms with Crippen LogP contribution >= 0.6 is 0 Å². The highest BCUT2D eigenvalue weighted by molar-refractivity contribution is 5.81. The van der Waals surface area contributed by atoms with Crippen LogP contribution in [0.5, 0.6) is 0 Å². The third-order valence-electron chi connectivity index (χ3n) is 2.62. The molecule has 3 heteroatoms. The van der Waals surface area contributed by atoms with Crippen LogP contribution in [0.3, 0.4) is 0 Å². The predicted molar refractivity (Wildman–Crippen MR) is 58.0 cm³/mol. The highest BCUT2D eigenvalue weighted by Crippen LogP contribution is 2.19. The quantitative estimate of drug-likeness (QED) is 0.616. The van der Waals surface area contributed by atoms with E-state index >= 15 is 0 Å². The molecule has 84 valence electrons. The van der Waals surface area contributed by atoms with Gasteiger partial charge in [0.2, 0.25) is 5.91 Å². The van der Waals surface area contributed by atoms with Gasteiger partial charge in [-0.1, -0.05) is 20.8 Å². The van der Waals surface area contributed by atoms with E-state index in [1.807, 2.05) is 20.8 Å². The van der Waals surface area contributed by atoms with E-state index in [1.54, 1.807) is 0 Å². The van der Waals surface area contributed by atoms with Gasteiger partial charge in [-0.15, -0.1) is 0 Å². The molecule has 14 heavy (non-hydrogen) atoms. The summed E-state index contributed by atoms with van der Waals surface area (Å²) in [6, 6.07) is 0. The monoisotopic (exact) mass is 201 g/mol. The summed E-state index contributed by atoms with van der Waals surface area (Å²) in [7, 11) is 0. The maximum atomic E-state index is 11.6. The summed E-state index contributed by atoms with van der Waals surface area (Å²) >= 11 is 0. The first-order chi connectivity index (χ1) is 6.54. The van der Waals surface area contributed by atoms with Crippen LogP contribution in [-0.4, -0.2) is 24.2 Å². The van der Waals surface area contributed by atoms with Crippen LogP contribution in [0.25, 0.3) is 0 Å². The van der Waals surface area contributed by atoms with Crippen LogP contribution in [0, 0.1) is 5.41 Å². The number of hydrogen-bond acceptors (Lipinski definition) is 2. The second kappa shape index (κ2) is 6.82. The number of amides is 1. The lowest BCUT2D eigenvalue weighted by atomic mass is 9.89. The second-order valence-electron chi connectivity index (χ2n) is 4.28. The molecule has 0 unspecified atom stereocenters. The van der Waals surface area contributed by atoms with Crippen LogP contribution in [0.1, 0.15) is 46.5 Å². The lowest BCUT2D eigenvalue weighted by molar-refractivity contribution is -0.129. The van der Waals surface area contributed by atoms with Crippen LogP contribution in [-0.2, 0) is 4.79 Å². The van der Waals surface area contributed by atoms with E-state index in [-0.39, 0.29) is 17.9 Å². The maximum Gasteiger partial charge on any atom is 0.225 e. The Labute approximate surface area is 86.9 Å². The minimum Gasteiger partial charge on any atom is -0.396 e. The molecule has 0 aromatic carbocycles. The largest absolute Gasteiger partial charge is 0.396 e. The average molecular weight is 201 g/mol. The van der Waals surface area contributed by atoms with Crippen molar-refractivity contribution >= 4 is 5.91 Å². The Hall–Kier alpha value is -0.570. The summed E-state index contributed by atoms with van der Waals surface area (Å²) in [6.07, 6.45) is 3.61. The van der Waals surface area contributed by atoms with Crippen molar-refractivity contribution in [1.82, 2.24) is 5.32 Å². The van der Waals surface area contributed by atoms with Crippen molar-refractivity contribution in [1.29, 1.82) is 0 Å². The van der Waals surface area contributed by atoms with E-state index in [1.165, 1.54) is 0 Å². The van der Waals surface area contributed by atoms with Crippen molar-refractivity contribution in [3.63, 3.8) is 0 Å². The summed E-state index contributed by atoms with van der Waals surface area (Å²) in [5, 5.41) is 11.5. The van der Waals surface area contributed by atoms with Crippen molar-refractivity contribution < 1.29 is 9.90 Å². The Balaban J connectivity index is 3.54. The van der Waals surface area contributed by atoms with Crippen molar-refractivity contribution in [2.24, 2.45) is 5.41 Å². The number of carbonyl (C=O) groups excluding carboxylic acids is 1. The van der Waals surface area contributed by atoms with Crippen LogP contribution < -0.4 is 5.32 Å². The standard InChI is InChI=1S/C11H23NO2/c1-4-11(2,3)10(14)12-8-6-5-7-9-13/h13H,4-9H2,1-3H3,(H,12,14). The normalized spacial score (nSPS) is 11.4. The first-order valence-corrected chi connectivity index (χ1v) is 5.43. The van der Waals surface area contributed by atoms with Gasteiger partial charge in [0.25, 0.3) is 0 Å². The molecule has 0 fully saturated rings. The van der Waals surface area contributed by atoms with Gasteiger partial charge in [0.15, 0.2) is 0 Å². The second-order valence-corrected chi connectivity index (χ2v) is 4.28. The summed E-state index contributed by atoms with van der Waals surface area (Å²) in [4.78, 5) is 11.6. The van der Waals surface area contributed by atoms with Gasteiger partial charge in [0.1, 0.15) is 0 Å². The van der Waals surface area contributed by atoms with Gasteiger partial charge in [0.05, 0.1) is 0 Å². The number of aliphatic hydroxyl groups excluding tert-OH is 1. The summed E-state index contributed by atoms with van der Waals surface area (Å²) in [6.45, 7) is 6.90. The van der Waals surface area contributed by atoms with Crippen molar-refractivity contribution in [2.75, 3.05) is 13.2 Å². The van der Waals surface area contributed by atoms with Gasteiger partial charge >= 0.3 is 0 Å². The number of rotatable bonds is 7. The molecule has 0 bridgehead atoms. The molecule has 0 radical (unpaired) electrons. The van der Waals surface area contributed by atoms with Crippen LogP contribution in [0.15, 0.2) is 0 Å². The molecule has 0 saturated heterocycles. The Morgan fingerprint density at radius 1 is 1.29 bits per heavy atom. The molecule has 1 amide bonds. The molecule has 0 aliphatic rings. The fourth-order valence-corrected chi connectivity index (χ4v) is 1.02. The van der Waals surface area contributed by atoms with Crippen molar-refractivity contribution in [3.8, 4) is 0 Å². The van der Waals surface area contributed by atoms with Crippen molar-refractivity contribution in [2.45, 2.75) is 46.5 Å². The number of unbranched alkanes of at least 4 members (excludes halogenated alkanes) is 2. The molecule has 0 spiro atoms. The third-order valence-corrected chi connectivity index (χ3v) is 2.62. The topological polar surface area (TPSA) is 49.3 Å². The van der Waals surface area contributed by atoms with Gasteiger partial charge in [-0.25, -0.2) is 0 Å². The fraction of sp³-hybridized carbons (Fsp3) is 0.909. The van der Waals surface area contributed by atoms with Crippen LogP contribution in [0.2, 0.25) is 0 Å². The Kier molecular flexibility index (Phi) is 6.54. The van der Waals surface area contributed by atoms with Gasteiger partial charge in [0, 0.05) is 18.6 Å². The average Bonchev–Trinajstić information content (AvgIpc) is 2.17. The Morgan fingerprint density at radius 3 is 2.43 bits per heavy atom. The maximum absolute atomic E-state index is 11.6. The zero-order valence-electron chi connectivity index (χ0n) is 9.60. The minimum atomic E-state index is -0.253. The molecule has 0 aromatic rings. The molecular formula is C11H23NO2. The number of carbonyl (C=O) groups is 1. The summed E-state index contributed by atoms with van der Waals surface area (Å²) in [5.41, 5.74) is -0.253. The molecule has 2 N–H and O–H groups in total. The zero-order chi connectivity index (χ0) is 11.0. The first-order valence-electron chi connectivity index (χ1n) is 5.43. The molecule has 0 saturated carbocycles. The SMILES string of the molecule is CCC(C)(C)C(=O)NCCCCCO. The van der Waals surface area contributed by atoms with E-state index < -0.39 is 0 Å². The van der Waals surface area contributed by atoms with Gasteiger partial charge in [-0.05, 0) is 25.7 Å². The lowest BCUT2D eigenvalue weighted by Crippen LogP contribution is -2.36. The predicted octanol–water partition coefficient (Wildman–Crippen LogP) is 1.70. The number of aliphatic hydroxyl groups is 1. The molecule has 0 heterocycles. The van der Waals surface area contributed by atoms with Crippen molar-refractivity contribution in [3.05, 3.63) is 0 Å². The molecule has 0 atom stereocenters. The number of nitrogens with one attached hydrogen (secondary N) is 1. The zero-order valence-corrected chi connectivity index (χ0v) is 9.60. The van der Waals surface area contributed by atoms with E-state index in [9.17, 15) is 4.79 Å². The third kappa shape index (κ3) is 5.22. The highest BCUT2D eigenvalue weighted by Gasteiger charge is 2.24. The summed E-state index contributed by atoms with van der Waals surface area (Å²) in [5.74, 6) is 0.129. The van der Waals surface area contributed by atoms with E-state index in [0.717, 1.165) is 32.2 Å². The summed E-state index contributed by atoms with van der Waals surface area (Å²) < 4.78 is 0. The Morgan fingerprint density at radius 2 is 1.93 bits per heavy atom. The van der Waals surface area contributed by atoms with Gasteiger partial charge in [-0.3, -0.25) is 4.79 Å². The molecule has 0 aliphatic heterocycles. The Bertz CT molecular complexity index is 167. The number of hydrogen-bond donors (Lipinski definition) is 2. The van der Waals surface area contributed by atoms with E-state index in [4.69, 9.17) is 5.11 Å². The first kappa shape index (κ1) is 13.4. The fourth-order valence-electron chi connectivity index (χ4n) is 1.02. The molecule has 0 aliphatic carbocycles. The molecule has 0 aromatic heterocycles. The highest BCUT2D eigenvalue weighted by atomic mass is 16.2. The smallest absolute Gasteiger partial charge is 0.225 e.